The molecule has 3 nitrogen and oxygen atoms in total. The van der Waals surface area contributed by atoms with E-state index < -0.39 is 0 Å². The summed E-state index contributed by atoms with van der Waals surface area (Å²) in [5.41, 5.74) is 2.19. The van der Waals surface area contributed by atoms with Crippen LogP contribution in [0.2, 0.25) is 0 Å². The molecule has 0 fully saturated rings. The van der Waals surface area contributed by atoms with E-state index in [9.17, 15) is 0 Å². The van der Waals surface area contributed by atoms with Crippen LogP contribution in [0.3, 0.4) is 0 Å². The lowest BCUT2D eigenvalue weighted by molar-refractivity contribution is 0.302. The second kappa shape index (κ2) is 17.0. The van der Waals surface area contributed by atoms with Gasteiger partial charge in [0.25, 0.3) is 0 Å². The predicted octanol–water partition coefficient (Wildman–Crippen LogP) is 8.97. The molecule has 178 valence electrons. The first-order valence-corrected chi connectivity index (χ1v) is 13.9. The Morgan fingerprint density at radius 1 is 0.781 bits per heavy atom. The van der Waals surface area contributed by atoms with Crippen molar-refractivity contribution in [2.75, 3.05) is 12.4 Å². The van der Waals surface area contributed by atoms with Gasteiger partial charge < -0.3 is 4.74 Å². The van der Waals surface area contributed by atoms with E-state index in [0.29, 0.717) is 0 Å². The van der Waals surface area contributed by atoms with Crippen molar-refractivity contribution in [1.82, 2.24) is 9.97 Å². The Kier molecular flexibility index (Phi) is 14.2. The van der Waals surface area contributed by atoms with Gasteiger partial charge in [-0.1, -0.05) is 109 Å². The minimum absolute atomic E-state index is 0.799. The molecule has 0 radical (unpaired) electrons. The number of benzene rings is 1. The molecule has 0 aliphatic heterocycles. The van der Waals surface area contributed by atoms with Gasteiger partial charge in [-0.2, -0.15) is 0 Å². The van der Waals surface area contributed by atoms with Gasteiger partial charge in [0, 0.05) is 23.7 Å². The number of aromatic nitrogens is 2. The van der Waals surface area contributed by atoms with Gasteiger partial charge >= 0.3 is 0 Å². The summed E-state index contributed by atoms with van der Waals surface area (Å²) in [6.45, 7) is 7.68. The highest BCUT2D eigenvalue weighted by Gasteiger charge is 2.03. The van der Waals surface area contributed by atoms with Crippen molar-refractivity contribution in [3.05, 3.63) is 36.7 Å². The van der Waals surface area contributed by atoms with Crippen molar-refractivity contribution in [2.24, 2.45) is 5.92 Å². The van der Waals surface area contributed by atoms with E-state index in [1.165, 1.54) is 70.6 Å². The summed E-state index contributed by atoms with van der Waals surface area (Å²) in [6, 6.07) is 8.31. The quantitative estimate of drug-likeness (QED) is 0.127. The van der Waals surface area contributed by atoms with E-state index in [1.54, 1.807) is 11.8 Å². The first-order chi connectivity index (χ1) is 15.7. The van der Waals surface area contributed by atoms with Crippen molar-refractivity contribution in [3.8, 4) is 16.9 Å². The molecular weight excluding hydrogens is 412 g/mol. The van der Waals surface area contributed by atoms with E-state index in [1.807, 2.05) is 12.4 Å². The van der Waals surface area contributed by atoms with Gasteiger partial charge in [-0.3, -0.25) is 0 Å². The molecule has 2 rings (SSSR count). The maximum Gasteiger partial charge on any atom is 0.187 e. The van der Waals surface area contributed by atoms with Gasteiger partial charge in [-0.15, -0.1) is 0 Å². The molecule has 0 amide bonds. The number of unbranched alkanes of at least 4 members (excludes halogenated alkanes) is 8. The van der Waals surface area contributed by atoms with Crippen molar-refractivity contribution >= 4 is 11.8 Å². The van der Waals surface area contributed by atoms with Gasteiger partial charge in [-0.05, 0) is 36.5 Å². The van der Waals surface area contributed by atoms with E-state index in [4.69, 9.17) is 4.74 Å². The Balaban J connectivity index is 1.63. The summed E-state index contributed by atoms with van der Waals surface area (Å²) in [5, 5.41) is 0.882. The molecule has 0 saturated heterocycles. The highest BCUT2D eigenvalue weighted by molar-refractivity contribution is 7.99. The third kappa shape index (κ3) is 11.4. The average molecular weight is 457 g/mol. The zero-order chi connectivity index (χ0) is 22.9. The molecular formula is C28H44N2OS. The van der Waals surface area contributed by atoms with Crippen LogP contribution in [-0.4, -0.2) is 22.3 Å². The molecule has 1 unspecified atom stereocenters. The smallest absolute Gasteiger partial charge is 0.187 e. The van der Waals surface area contributed by atoms with Crippen LogP contribution in [0.1, 0.15) is 97.8 Å². The van der Waals surface area contributed by atoms with Crippen molar-refractivity contribution < 1.29 is 4.74 Å². The molecule has 0 saturated carbocycles. The lowest BCUT2D eigenvalue weighted by Crippen LogP contribution is -1.98. The first-order valence-electron chi connectivity index (χ1n) is 12.9. The monoisotopic (exact) mass is 456 g/mol. The topological polar surface area (TPSA) is 35.0 Å². The molecule has 1 atom stereocenters. The number of ether oxygens (including phenoxy) is 1. The SMILES string of the molecule is CCCCCCCCCSc1ncc(-c2ccc(OCCCCCC(C)CC)cc2)cn1. The van der Waals surface area contributed by atoms with Gasteiger partial charge in [0.2, 0.25) is 0 Å². The normalized spacial score (nSPS) is 12.1. The number of rotatable bonds is 18. The Bertz CT molecular complexity index is 702. The number of hydrogen-bond donors (Lipinski definition) is 0. The fraction of sp³-hybridized carbons (Fsp3) is 0.643. The zero-order valence-corrected chi connectivity index (χ0v) is 21.5. The molecule has 32 heavy (non-hydrogen) atoms. The van der Waals surface area contributed by atoms with Crippen LogP contribution < -0.4 is 4.74 Å². The van der Waals surface area contributed by atoms with Crippen molar-refractivity contribution in [1.29, 1.82) is 0 Å². The zero-order valence-electron chi connectivity index (χ0n) is 20.7. The Morgan fingerprint density at radius 2 is 1.44 bits per heavy atom. The number of thioether (sulfide) groups is 1. The molecule has 0 bridgehead atoms. The summed E-state index contributed by atoms with van der Waals surface area (Å²) in [7, 11) is 0. The number of nitrogens with zero attached hydrogens (tertiary/aromatic N) is 2. The second-order valence-electron chi connectivity index (χ2n) is 8.96. The fourth-order valence-corrected chi connectivity index (χ4v) is 4.46. The molecule has 0 N–H and O–H groups in total. The maximum atomic E-state index is 5.91. The summed E-state index contributed by atoms with van der Waals surface area (Å²) in [6.07, 6.45) is 19.6. The van der Waals surface area contributed by atoms with Crippen molar-refractivity contribution in [3.63, 3.8) is 0 Å². The average Bonchev–Trinajstić information content (AvgIpc) is 2.83. The molecule has 0 aliphatic rings. The van der Waals surface area contributed by atoms with Crippen LogP contribution in [0.15, 0.2) is 41.8 Å². The molecule has 1 aromatic heterocycles. The van der Waals surface area contributed by atoms with Crippen LogP contribution in [-0.2, 0) is 0 Å². The summed E-state index contributed by atoms with van der Waals surface area (Å²) in [5.74, 6) is 2.90. The molecule has 4 heteroatoms. The van der Waals surface area contributed by atoms with Gasteiger partial charge in [0.05, 0.1) is 6.61 Å². The molecule has 0 aliphatic carbocycles. The minimum Gasteiger partial charge on any atom is -0.494 e. The van der Waals surface area contributed by atoms with Crippen molar-refractivity contribution in [2.45, 2.75) is 103 Å². The minimum atomic E-state index is 0.799. The van der Waals surface area contributed by atoms with Gasteiger partial charge in [0.15, 0.2) is 5.16 Å². The third-order valence-corrected chi connectivity index (χ3v) is 7.06. The second-order valence-corrected chi connectivity index (χ2v) is 10.0. The molecule has 2 aromatic rings. The lowest BCUT2D eigenvalue weighted by atomic mass is 10.0. The first kappa shape index (κ1) is 26.7. The van der Waals surface area contributed by atoms with E-state index >= 15 is 0 Å². The van der Waals surface area contributed by atoms with Crippen LogP contribution in [0.4, 0.5) is 0 Å². The van der Waals surface area contributed by atoms with Crippen LogP contribution >= 0.6 is 11.8 Å². The fourth-order valence-electron chi connectivity index (χ4n) is 3.67. The summed E-state index contributed by atoms with van der Waals surface area (Å²) < 4.78 is 5.91. The maximum absolute atomic E-state index is 5.91. The number of hydrogen-bond acceptors (Lipinski definition) is 4. The van der Waals surface area contributed by atoms with E-state index in [-0.39, 0.29) is 0 Å². The van der Waals surface area contributed by atoms with E-state index in [0.717, 1.165) is 46.7 Å². The Labute approximate surface area is 201 Å². The van der Waals surface area contributed by atoms with Crippen LogP contribution in [0.25, 0.3) is 11.1 Å². The predicted molar refractivity (Wildman–Crippen MR) is 140 cm³/mol. The largest absolute Gasteiger partial charge is 0.494 e. The molecule has 1 aromatic carbocycles. The Hall–Kier alpha value is -1.55. The van der Waals surface area contributed by atoms with Gasteiger partial charge in [0.1, 0.15) is 5.75 Å². The summed E-state index contributed by atoms with van der Waals surface area (Å²) >= 11 is 1.77. The molecule has 0 spiro atoms. The summed E-state index contributed by atoms with van der Waals surface area (Å²) in [4.78, 5) is 9.11. The van der Waals surface area contributed by atoms with E-state index in [2.05, 4.69) is 55.0 Å². The highest BCUT2D eigenvalue weighted by Crippen LogP contribution is 2.23. The lowest BCUT2D eigenvalue weighted by Gasteiger charge is -2.09. The van der Waals surface area contributed by atoms with Crippen LogP contribution in [0, 0.1) is 5.92 Å². The van der Waals surface area contributed by atoms with Crippen LogP contribution in [0.5, 0.6) is 5.75 Å². The Morgan fingerprint density at radius 3 is 2.12 bits per heavy atom. The molecule has 1 heterocycles. The van der Waals surface area contributed by atoms with Gasteiger partial charge in [-0.25, -0.2) is 9.97 Å². The standard InChI is InChI=1S/C28H44N2OS/c1-4-6-7-8-9-10-14-21-32-28-29-22-26(23-30-28)25-16-18-27(19-17-25)31-20-13-11-12-15-24(3)5-2/h16-19,22-24H,4-15,20-21H2,1-3H3. The third-order valence-electron chi connectivity index (χ3n) is 6.10. The highest BCUT2D eigenvalue weighted by atomic mass is 32.2.